The van der Waals surface area contributed by atoms with Crippen molar-refractivity contribution in [1.82, 2.24) is 15.3 Å². The van der Waals surface area contributed by atoms with Gasteiger partial charge in [0.25, 0.3) is 5.91 Å². The number of carbonyl (C=O) groups excluding carboxylic acids is 1. The Morgan fingerprint density at radius 2 is 2.29 bits per heavy atom. The molecule has 6 heteroatoms. The number of nitrogens with one attached hydrogen (secondary N) is 1. The van der Waals surface area contributed by atoms with Crippen LogP contribution in [-0.2, 0) is 6.54 Å². The molecule has 0 fully saturated rings. The van der Waals surface area contributed by atoms with Crippen LogP contribution in [0.5, 0.6) is 0 Å². The molecule has 2 aromatic rings. The number of nitrogen functional groups attached to an aromatic ring is 1. The van der Waals surface area contributed by atoms with Crippen LogP contribution in [-0.4, -0.2) is 15.9 Å². The van der Waals surface area contributed by atoms with Gasteiger partial charge in [-0.25, -0.2) is 0 Å². The molecule has 17 heavy (non-hydrogen) atoms. The third-order valence-electron chi connectivity index (χ3n) is 2.17. The van der Waals surface area contributed by atoms with Crippen LogP contribution < -0.4 is 11.1 Å². The number of amides is 1. The molecule has 2 aromatic heterocycles. The molecule has 0 radical (unpaired) electrons. The van der Waals surface area contributed by atoms with Crippen LogP contribution in [0.1, 0.15) is 21.1 Å². The van der Waals surface area contributed by atoms with Gasteiger partial charge in [-0.1, -0.05) is 0 Å². The Balaban J connectivity index is 1.97. The van der Waals surface area contributed by atoms with Crippen LogP contribution in [0, 0.1) is 6.92 Å². The minimum absolute atomic E-state index is 0.181. The number of hydrogen-bond donors (Lipinski definition) is 2. The molecule has 0 saturated heterocycles. The average molecular weight is 248 g/mol. The normalized spacial score (nSPS) is 10.2. The fourth-order valence-electron chi connectivity index (χ4n) is 1.27. The predicted molar refractivity (Wildman–Crippen MR) is 66.7 cm³/mol. The van der Waals surface area contributed by atoms with Gasteiger partial charge in [-0.15, -0.1) is 11.3 Å². The Morgan fingerprint density at radius 3 is 2.88 bits per heavy atom. The molecule has 0 bridgehead atoms. The Labute approximate surface area is 103 Å². The molecule has 1 amide bonds. The fourth-order valence-corrected chi connectivity index (χ4v) is 2.00. The number of carbonyl (C=O) groups is 1. The van der Waals surface area contributed by atoms with Crippen molar-refractivity contribution in [2.24, 2.45) is 0 Å². The van der Waals surface area contributed by atoms with Gasteiger partial charge in [-0.2, -0.15) is 0 Å². The number of hydrogen-bond acceptors (Lipinski definition) is 5. The molecule has 0 aromatic carbocycles. The lowest BCUT2D eigenvalue weighted by Crippen LogP contribution is -2.23. The van der Waals surface area contributed by atoms with Crippen molar-refractivity contribution >= 4 is 22.9 Å². The minimum Gasteiger partial charge on any atom is -0.397 e. The summed E-state index contributed by atoms with van der Waals surface area (Å²) < 4.78 is 0. The predicted octanol–water partition coefficient (Wildman–Crippen LogP) is 1.36. The van der Waals surface area contributed by atoms with Crippen molar-refractivity contribution in [3.05, 3.63) is 40.1 Å². The van der Waals surface area contributed by atoms with Crippen molar-refractivity contribution in [3.63, 3.8) is 0 Å². The van der Waals surface area contributed by atoms with Crippen LogP contribution in [0.15, 0.2) is 23.8 Å². The number of rotatable bonds is 3. The van der Waals surface area contributed by atoms with Crippen LogP contribution in [0.3, 0.4) is 0 Å². The zero-order valence-electron chi connectivity index (χ0n) is 9.30. The SMILES string of the molecule is Cc1cnc(CNC(=O)c2sccc2N)cn1. The Bertz CT molecular complexity index is 521. The zero-order chi connectivity index (χ0) is 12.3. The zero-order valence-corrected chi connectivity index (χ0v) is 10.1. The van der Waals surface area contributed by atoms with Gasteiger partial charge in [0.1, 0.15) is 4.88 Å². The first-order valence-electron chi connectivity index (χ1n) is 5.05. The average Bonchev–Trinajstić information content (AvgIpc) is 2.74. The van der Waals surface area contributed by atoms with Crippen molar-refractivity contribution < 1.29 is 4.79 Å². The molecule has 0 unspecified atom stereocenters. The maximum atomic E-state index is 11.7. The molecule has 0 aliphatic heterocycles. The van der Waals surface area contributed by atoms with Gasteiger partial charge in [-0.3, -0.25) is 14.8 Å². The first kappa shape index (κ1) is 11.5. The molecule has 0 spiro atoms. The van der Waals surface area contributed by atoms with Crippen LogP contribution in [0.4, 0.5) is 5.69 Å². The maximum Gasteiger partial charge on any atom is 0.263 e. The second-order valence-electron chi connectivity index (χ2n) is 3.54. The van der Waals surface area contributed by atoms with Crippen LogP contribution in [0.2, 0.25) is 0 Å². The lowest BCUT2D eigenvalue weighted by molar-refractivity contribution is 0.0955. The number of thiophene rings is 1. The number of nitrogens with zero attached hydrogens (tertiary/aromatic N) is 2. The highest BCUT2D eigenvalue weighted by atomic mass is 32.1. The first-order valence-corrected chi connectivity index (χ1v) is 5.93. The van der Waals surface area contributed by atoms with E-state index >= 15 is 0 Å². The molecule has 2 heterocycles. The van der Waals surface area contributed by atoms with E-state index in [0.717, 1.165) is 11.4 Å². The van der Waals surface area contributed by atoms with Crippen molar-refractivity contribution in [3.8, 4) is 0 Å². The van der Waals surface area contributed by atoms with E-state index in [2.05, 4.69) is 15.3 Å². The lowest BCUT2D eigenvalue weighted by Gasteiger charge is -2.03. The van der Waals surface area contributed by atoms with E-state index in [0.29, 0.717) is 17.1 Å². The summed E-state index contributed by atoms with van der Waals surface area (Å²) in [4.78, 5) is 20.5. The molecule has 5 nitrogen and oxygen atoms in total. The molecular formula is C11H12N4OS. The maximum absolute atomic E-state index is 11.7. The topological polar surface area (TPSA) is 80.9 Å². The molecule has 0 saturated carbocycles. The highest BCUT2D eigenvalue weighted by Crippen LogP contribution is 2.18. The Kier molecular flexibility index (Phi) is 3.34. The first-order chi connectivity index (χ1) is 8.16. The summed E-state index contributed by atoms with van der Waals surface area (Å²) >= 11 is 1.32. The Morgan fingerprint density at radius 1 is 1.47 bits per heavy atom. The van der Waals surface area contributed by atoms with Crippen molar-refractivity contribution in [1.29, 1.82) is 0 Å². The second-order valence-corrected chi connectivity index (χ2v) is 4.45. The molecule has 0 aliphatic carbocycles. The number of aryl methyl sites for hydroxylation is 1. The Hall–Kier alpha value is -1.95. The van der Waals surface area contributed by atoms with E-state index in [-0.39, 0.29) is 5.91 Å². The molecular weight excluding hydrogens is 236 g/mol. The van der Waals surface area contributed by atoms with Gasteiger partial charge in [0.2, 0.25) is 0 Å². The number of anilines is 1. The quantitative estimate of drug-likeness (QED) is 0.859. The van der Waals surface area contributed by atoms with E-state index in [1.807, 2.05) is 6.92 Å². The van der Waals surface area contributed by atoms with Crippen molar-refractivity contribution in [2.75, 3.05) is 5.73 Å². The summed E-state index contributed by atoms with van der Waals surface area (Å²) in [7, 11) is 0. The third-order valence-corrected chi connectivity index (χ3v) is 3.10. The number of aromatic nitrogens is 2. The van der Waals surface area contributed by atoms with E-state index in [9.17, 15) is 4.79 Å². The molecule has 0 aliphatic rings. The lowest BCUT2D eigenvalue weighted by atomic mass is 10.3. The summed E-state index contributed by atoms with van der Waals surface area (Å²) in [6.45, 7) is 2.21. The highest BCUT2D eigenvalue weighted by Gasteiger charge is 2.10. The second kappa shape index (κ2) is 4.92. The smallest absolute Gasteiger partial charge is 0.263 e. The van der Waals surface area contributed by atoms with E-state index < -0.39 is 0 Å². The number of nitrogens with two attached hydrogens (primary N) is 1. The monoisotopic (exact) mass is 248 g/mol. The fraction of sp³-hybridized carbons (Fsp3) is 0.182. The summed E-state index contributed by atoms with van der Waals surface area (Å²) in [5, 5.41) is 4.54. The van der Waals surface area contributed by atoms with Gasteiger partial charge in [0.15, 0.2) is 0 Å². The molecule has 2 rings (SSSR count). The van der Waals surface area contributed by atoms with Gasteiger partial charge < -0.3 is 11.1 Å². The van der Waals surface area contributed by atoms with Crippen LogP contribution >= 0.6 is 11.3 Å². The molecule has 88 valence electrons. The van der Waals surface area contributed by atoms with E-state index in [4.69, 9.17) is 5.73 Å². The summed E-state index contributed by atoms with van der Waals surface area (Å²) in [6.07, 6.45) is 3.31. The standard InChI is InChI=1S/C11H12N4OS/c1-7-4-14-8(5-13-7)6-15-11(16)10-9(12)2-3-17-10/h2-5H,6,12H2,1H3,(H,15,16). The summed E-state index contributed by atoms with van der Waals surface area (Å²) in [5.74, 6) is -0.181. The minimum atomic E-state index is -0.181. The third kappa shape index (κ3) is 2.79. The van der Waals surface area contributed by atoms with Gasteiger partial charge in [0, 0.05) is 6.20 Å². The van der Waals surface area contributed by atoms with E-state index in [1.54, 1.807) is 23.8 Å². The van der Waals surface area contributed by atoms with Gasteiger partial charge in [-0.05, 0) is 18.4 Å². The van der Waals surface area contributed by atoms with Gasteiger partial charge in [0.05, 0.1) is 29.8 Å². The summed E-state index contributed by atoms with van der Waals surface area (Å²) in [5.41, 5.74) is 7.73. The molecule has 3 N–H and O–H groups in total. The van der Waals surface area contributed by atoms with Crippen LogP contribution in [0.25, 0.3) is 0 Å². The van der Waals surface area contributed by atoms with Gasteiger partial charge >= 0.3 is 0 Å². The van der Waals surface area contributed by atoms with Crippen molar-refractivity contribution in [2.45, 2.75) is 13.5 Å². The molecule has 0 atom stereocenters. The largest absolute Gasteiger partial charge is 0.397 e. The highest BCUT2D eigenvalue weighted by molar-refractivity contribution is 7.12. The summed E-state index contributed by atoms with van der Waals surface area (Å²) in [6, 6.07) is 1.71. The van der Waals surface area contributed by atoms with E-state index in [1.165, 1.54) is 11.3 Å².